The van der Waals surface area contributed by atoms with Gasteiger partial charge in [0.1, 0.15) is 0 Å². The van der Waals surface area contributed by atoms with E-state index in [9.17, 15) is 0 Å². The first-order valence-corrected chi connectivity index (χ1v) is 4.33. The summed E-state index contributed by atoms with van der Waals surface area (Å²) in [6, 6.07) is 0. The highest BCUT2D eigenvalue weighted by Crippen LogP contribution is 2.00. The molecule has 1 aliphatic rings. The summed E-state index contributed by atoms with van der Waals surface area (Å²) < 4.78 is 5.42. The van der Waals surface area contributed by atoms with Crippen LogP contribution >= 0.6 is 0 Å². The van der Waals surface area contributed by atoms with Crippen LogP contribution in [0, 0.1) is 0 Å². The monoisotopic (exact) mass is 171 g/mol. The summed E-state index contributed by atoms with van der Waals surface area (Å²) in [6.07, 6.45) is 2.30. The summed E-state index contributed by atoms with van der Waals surface area (Å²) >= 11 is 0. The predicted octanol–water partition coefficient (Wildman–Crippen LogP) is 0.598. The number of hydrogen-bond donors (Lipinski definition) is 2. The van der Waals surface area contributed by atoms with Gasteiger partial charge in [0.25, 0.3) is 0 Å². The van der Waals surface area contributed by atoms with E-state index < -0.39 is 0 Å². The van der Waals surface area contributed by atoms with Crippen LogP contribution in [0.15, 0.2) is 11.9 Å². The fourth-order valence-corrected chi connectivity index (χ4v) is 0.896. The van der Waals surface area contributed by atoms with E-state index in [1.807, 2.05) is 25.1 Å². The molecule has 0 fully saturated rings. The standard InChI is InChI=1S/C8H17N3O/c1-4-11-5-8(9-10-11)6-12-7(2)3/h5,7,9-10H,4,6H2,1-3H3. The van der Waals surface area contributed by atoms with Gasteiger partial charge in [-0.25, -0.2) is 0 Å². The van der Waals surface area contributed by atoms with Crippen LogP contribution in [0.25, 0.3) is 0 Å². The normalized spacial score (nSPS) is 16.7. The maximum absolute atomic E-state index is 5.42. The maximum Gasteiger partial charge on any atom is 0.0895 e. The molecule has 1 heterocycles. The van der Waals surface area contributed by atoms with Gasteiger partial charge in [-0.3, -0.25) is 5.01 Å². The lowest BCUT2D eigenvalue weighted by atomic mass is 10.4. The molecule has 0 aromatic heterocycles. The molecular weight excluding hydrogens is 154 g/mol. The molecule has 0 aliphatic carbocycles. The van der Waals surface area contributed by atoms with Crippen LogP contribution < -0.4 is 11.0 Å². The molecule has 0 atom stereocenters. The van der Waals surface area contributed by atoms with E-state index in [1.165, 1.54) is 0 Å². The van der Waals surface area contributed by atoms with Crippen LogP contribution in [0.4, 0.5) is 0 Å². The number of nitrogens with one attached hydrogen (secondary N) is 2. The van der Waals surface area contributed by atoms with Gasteiger partial charge in [-0.15, -0.1) is 5.53 Å². The number of hydrogen-bond acceptors (Lipinski definition) is 4. The van der Waals surface area contributed by atoms with Crippen molar-refractivity contribution in [1.29, 1.82) is 0 Å². The number of hydrazine groups is 2. The molecule has 0 aromatic carbocycles. The second-order valence-electron chi connectivity index (χ2n) is 3.04. The molecule has 4 nitrogen and oxygen atoms in total. The third-order valence-corrected chi connectivity index (χ3v) is 1.58. The van der Waals surface area contributed by atoms with E-state index in [2.05, 4.69) is 17.9 Å². The Balaban J connectivity index is 2.25. The van der Waals surface area contributed by atoms with Crippen LogP contribution in [0.1, 0.15) is 20.8 Å². The average Bonchev–Trinajstić information content (AvgIpc) is 2.48. The molecule has 0 unspecified atom stereocenters. The van der Waals surface area contributed by atoms with Crippen molar-refractivity contribution in [2.45, 2.75) is 26.9 Å². The molecule has 0 spiro atoms. The summed E-state index contributed by atoms with van der Waals surface area (Å²) in [5.41, 5.74) is 7.09. The smallest absolute Gasteiger partial charge is 0.0895 e. The minimum absolute atomic E-state index is 0.281. The van der Waals surface area contributed by atoms with Crippen LogP contribution in [0.5, 0.6) is 0 Å². The molecule has 0 bridgehead atoms. The van der Waals surface area contributed by atoms with Crippen molar-refractivity contribution in [1.82, 2.24) is 16.0 Å². The minimum atomic E-state index is 0.281. The third kappa shape index (κ3) is 2.71. The summed E-state index contributed by atoms with van der Waals surface area (Å²) in [7, 11) is 0. The highest BCUT2D eigenvalue weighted by atomic mass is 16.5. The maximum atomic E-state index is 5.42. The molecule has 1 rings (SSSR count). The lowest BCUT2D eigenvalue weighted by Crippen LogP contribution is -2.36. The van der Waals surface area contributed by atoms with E-state index in [0.29, 0.717) is 6.61 Å². The summed E-state index contributed by atoms with van der Waals surface area (Å²) in [5.74, 6) is 0. The number of nitrogens with zero attached hydrogens (tertiary/aromatic N) is 1. The van der Waals surface area contributed by atoms with Crippen LogP contribution in [-0.4, -0.2) is 24.3 Å². The quantitative estimate of drug-likeness (QED) is 0.649. The van der Waals surface area contributed by atoms with Gasteiger partial charge in [-0.05, 0) is 20.8 Å². The van der Waals surface area contributed by atoms with Crippen molar-refractivity contribution in [2.75, 3.05) is 13.2 Å². The zero-order valence-corrected chi connectivity index (χ0v) is 7.92. The highest BCUT2D eigenvalue weighted by Gasteiger charge is 2.08. The highest BCUT2D eigenvalue weighted by molar-refractivity contribution is 5.01. The Hall–Kier alpha value is -0.740. The molecular formula is C8H17N3O. The zero-order chi connectivity index (χ0) is 8.97. The largest absolute Gasteiger partial charge is 0.372 e. The molecule has 0 aromatic rings. The Labute approximate surface area is 73.5 Å². The first-order valence-electron chi connectivity index (χ1n) is 4.33. The summed E-state index contributed by atoms with van der Waals surface area (Å²) in [4.78, 5) is 0. The minimum Gasteiger partial charge on any atom is -0.372 e. The van der Waals surface area contributed by atoms with Gasteiger partial charge in [0.15, 0.2) is 0 Å². The lowest BCUT2D eigenvalue weighted by Gasteiger charge is -2.10. The Morgan fingerprint density at radius 3 is 2.83 bits per heavy atom. The van der Waals surface area contributed by atoms with E-state index in [4.69, 9.17) is 4.74 Å². The topological polar surface area (TPSA) is 36.5 Å². The van der Waals surface area contributed by atoms with E-state index in [-0.39, 0.29) is 6.10 Å². The molecule has 70 valence electrons. The van der Waals surface area contributed by atoms with E-state index in [1.54, 1.807) is 0 Å². The van der Waals surface area contributed by atoms with Gasteiger partial charge in [-0.2, -0.15) is 0 Å². The first-order chi connectivity index (χ1) is 5.72. The van der Waals surface area contributed by atoms with Gasteiger partial charge in [0.05, 0.1) is 18.4 Å². The lowest BCUT2D eigenvalue weighted by molar-refractivity contribution is 0.0939. The van der Waals surface area contributed by atoms with Crippen molar-refractivity contribution >= 4 is 0 Å². The molecule has 0 amide bonds. The molecule has 0 saturated heterocycles. The van der Waals surface area contributed by atoms with Gasteiger partial charge >= 0.3 is 0 Å². The van der Waals surface area contributed by atoms with Gasteiger partial charge < -0.3 is 10.2 Å². The van der Waals surface area contributed by atoms with Crippen molar-refractivity contribution in [3.05, 3.63) is 11.9 Å². The average molecular weight is 171 g/mol. The van der Waals surface area contributed by atoms with Crippen molar-refractivity contribution in [3.8, 4) is 0 Å². The third-order valence-electron chi connectivity index (χ3n) is 1.58. The van der Waals surface area contributed by atoms with Crippen LogP contribution in [0.2, 0.25) is 0 Å². The molecule has 0 radical (unpaired) electrons. The molecule has 2 N–H and O–H groups in total. The molecule has 1 aliphatic heterocycles. The van der Waals surface area contributed by atoms with Crippen molar-refractivity contribution < 1.29 is 4.74 Å². The van der Waals surface area contributed by atoms with Gasteiger partial charge in [-0.1, -0.05) is 0 Å². The van der Waals surface area contributed by atoms with Gasteiger partial charge in [0, 0.05) is 12.7 Å². The second kappa shape index (κ2) is 4.33. The van der Waals surface area contributed by atoms with Crippen LogP contribution in [0.3, 0.4) is 0 Å². The summed E-state index contributed by atoms with van der Waals surface area (Å²) in [6.45, 7) is 7.72. The van der Waals surface area contributed by atoms with E-state index in [0.717, 1.165) is 12.2 Å². The summed E-state index contributed by atoms with van der Waals surface area (Å²) in [5, 5.41) is 1.97. The molecule has 12 heavy (non-hydrogen) atoms. The Morgan fingerprint density at radius 2 is 2.33 bits per heavy atom. The Morgan fingerprint density at radius 1 is 1.58 bits per heavy atom. The SMILES string of the molecule is CCN1C=C(COC(C)C)NN1. The van der Waals surface area contributed by atoms with Crippen molar-refractivity contribution in [2.24, 2.45) is 0 Å². The Bertz CT molecular complexity index is 168. The van der Waals surface area contributed by atoms with Crippen LogP contribution in [-0.2, 0) is 4.74 Å². The van der Waals surface area contributed by atoms with E-state index >= 15 is 0 Å². The fourth-order valence-electron chi connectivity index (χ4n) is 0.896. The van der Waals surface area contributed by atoms with Crippen molar-refractivity contribution in [3.63, 3.8) is 0 Å². The zero-order valence-electron chi connectivity index (χ0n) is 7.92. The predicted molar refractivity (Wildman–Crippen MR) is 47.8 cm³/mol. The Kier molecular flexibility index (Phi) is 3.37. The van der Waals surface area contributed by atoms with Gasteiger partial charge in [0.2, 0.25) is 0 Å². The number of ether oxygens (including phenoxy) is 1. The first kappa shape index (κ1) is 9.35. The second-order valence-corrected chi connectivity index (χ2v) is 3.04. The fraction of sp³-hybridized carbons (Fsp3) is 0.750. The molecule has 4 heteroatoms. The number of rotatable bonds is 4. The molecule has 0 saturated carbocycles.